The van der Waals surface area contributed by atoms with E-state index in [-0.39, 0.29) is 23.8 Å². The first-order valence-corrected chi connectivity index (χ1v) is 7.07. The van der Waals surface area contributed by atoms with Crippen LogP contribution in [0.3, 0.4) is 0 Å². The van der Waals surface area contributed by atoms with Crippen LogP contribution >= 0.6 is 0 Å². The van der Waals surface area contributed by atoms with E-state index in [9.17, 15) is 14.7 Å². The number of anilines is 1. The first-order valence-electron chi connectivity index (χ1n) is 7.07. The monoisotopic (exact) mass is 324 g/mol. The van der Waals surface area contributed by atoms with E-state index in [4.69, 9.17) is 15.2 Å². The van der Waals surface area contributed by atoms with E-state index >= 15 is 0 Å². The predicted molar refractivity (Wildman–Crippen MR) is 79.6 cm³/mol. The Morgan fingerprint density at radius 3 is 2.35 bits per heavy atom. The predicted octanol–water partition coefficient (Wildman–Crippen LogP) is 1.72. The Morgan fingerprint density at radius 2 is 1.83 bits per heavy atom. The third-order valence-electron chi connectivity index (χ3n) is 3.55. The van der Waals surface area contributed by atoms with Gasteiger partial charge in [-0.25, -0.2) is 9.59 Å². The third kappa shape index (κ3) is 3.72. The number of nitrogens with one attached hydrogen (secondary N) is 1. The van der Waals surface area contributed by atoms with Gasteiger partial charge in [-0.3, -0.25) is 10.4 Å². The number of benzene rings is 1. The molecule has 0 saturated heterocycles. The number of amides is 1. The zero-order chi connectivity index (χ0) is 17.4. The van der Waals surface area contributed by atoms with E-state index in [1.807, 2.05) is 0 Å². The Kier molecular flexibility index (Phi) is 4.23. The molecule has 0 aliphatic heterocycles. The highest BCUT2D eigenvalue weighted by Gasteiger charge is 2.46. The number of carbonyl (C=O) groups excluding carboxylic acids is 1. The van der Waals surface area contributed by atoms with Gasteiger partial charge in [0, 0.05) is 12.8 Å². The Balaban J connectivity index is 2.24. The summed E-state index contributed by atoms with van der Waals surface area (Å²) in [5, 5.41) is 30.1. The second kappa shape index (κ2) is 5.71. The highest BCUT2D eigenvalue weighted by atomic mass is 16.8. The summed E-state index contributed by atoms with van der Waals surface area (Å²) in [7, 11) is 0. The van der Waals surface area contributed by atoms with E-state index in [0.29, 0.717) is 11.1 Å². The zero-order valence-corrected chi connectivity index (χ0v) is 13.2. The maximum absolute atomic E-state index is 12.0. The van der Waals surface area contributed by atoms with E-state index in [2.05, 4.69) is 5.32 Å². The van der Waals surface area contributed by atoms with Crippen molar-refractivity contribution in [3.63, 3.8) is 0 Å². The summed E-state index contributed by atoms with van der Waals surface area (Å²) in [4.78, 5) is 23.7. The number of carboxylic acids is 1. The molecule has 0 spiro atoms. The van der Waals surface area contributed by atoms with Gasteiger partial charge < -0.3 is 15.2 Å². The average Bonchev–Trinajstić information content (AvgIpc) is 2.74. The van der Waals surface area contributed by atoms with Crippen LogP contribution in [0, 0.1) is 0 Å². The molecule has 1 aromatic rings. The smallest absolute Gasteiger partial charge is 0.408 e. The Morgan fingerprint density at radius 1 is 1.22 bits per heavy atom. The molecule has 4 N–H and O–H groups in total. The summed E-state index contributed by atoms with van der Waals surface area (Å²) >= 11 is 0. The molecule has 2 rings (SSSR count). The van der Waals surface area contributed by atoms with Gasteiger partial charge in [0.05, 0.1) is 5.69 Å². The van der Waals surface area contributed by atoms with Crippen LogP contribution in [0.25, 0.3) is 0 Å². The summed E-state index contributed by atoms with van der Waals surface area (Å²) in [5.41, 5.74) is -0.805. The van der Waals surface area contributed by atoms with Gasteiger partial charge in [-0.15, -0.1) is 5.23 Å². The number of nitrogens with zero attached hydrogens (tertiary/aromatic N) is 1. The lowest BCUT2D eigenvalue weighted by molar-refractivity contribution is -0.144. The van der Waals surface area contributed by atoms with Crippen molar-refractivity contribution in [2.45, 2.75) is 44.8 Å². The first kappa shape index (κ1) is 17.0. The van der Waals surface area contributed by atoms with Gasteiger partial charge >= 0.3 is 12.1 Å². The highest BCUT2D eigenvalue weighted by Crippen LogP contribution is 2.33. The molecule has 0 saturated carbocycles. The lowest BCUT2D eigenvalue weighted by Gasteiger charge is -2.28. The lowest BCUT2D eigenvalue weighted by atomic mass is 9.96. The normalized spacial score (nSPS) is 19.9. The molecule has 1 aliphatic carbocycles. The van der Waals surface area contributed by atoms with Crippen molar-refractivity contribution < 1.29 is 29.8 Å². The van der Waals surface area contributed by atoms with Crippen LogP contribution in [0.15, 0.2) is 18.2 Å². The largest absolute Gasteiger partial charge is 0.479 e. The van der Waals surface area contributed by atoms with Crippen molar-refractivity contribution in [2.75, 3.05) is 5.23 Å². The molecule has 0 radical (unpaired) electrons. The number of fused-ring (bicyclic) bond motifs is 1. The molecular weight excluding hydrogens is 304 g/mol. The molecule has 8 nitrogen and oxygen atoms in total. The van der Waals surface area contributed by atoms with Crippen LogP contribution in [0.4, 0.5) is 10.5 Å². The van der Waals surface area contributed by atoms with Crippen LogP contribution in [-0.4, -0.2) is 38.7 Å². The minimum Gasteiger partial charge on any atom is -0.479 e. The van der Waals surface area contributed by atoms with Gasteiger partial charge in [-0.2, -0.15) is 0 Å². The average molecular weight is 324 g/mol. The summed E-state index contributed by atoms with van der Waals surface area (Å²) in [6, 6.07) is 4.52. The van der Waals surface area contributed by atoms with Gasteiger partial charge in [0.25, 0.3) is 0 Å². The van der Waals surface area contributed by atoms with Crippen molar-refractivity contribution in [2.24, 2.45) is 0 Å². The second-order valence-electron chi connectivity index (χ2n) is 6.61. The molecule has 1 aromatic carbocycles. The molecule has 1 amide bonds. The van der Waals surface area contributed by atoms with Crippen LogP contribution in [0.2, 0.25) is 0 Å². The number of ether oxygens (including phenoxy) is 1. The molecule has 0 aromatic heterocycles. The van der Waals surface area contributed by atoms with Gasteiger partial charge in [0.1, 0.15) is 11.1 Å². The van der Waals surface area contributed by atoms with E-state index in [1.54, 1.807) is 26.8 Å². The summed E-state index contributed by atoms with van der Waals surface area (Å²) in [6.07, 6.45) is -0.689. The first-order chi connectivity index (χ1) is 10.5. The number of carbonyl (C=O) groups is 2. The molecule has 23 heavy (non-hydrogen) atoms. The molecule has 0 bridgehead atoms. The number of aliphatic carboxylic acids is 1. The summed E-state index contributed by atoms with van der Waals surface area (Å²) < 4.78 is 5.13. The van der Waals surface area contributed by atoms with Crippen molar-refractivity contribution in [1.29, 1.82) is 0 Å². The molecule has 126 valence electrons. The maximum atomic E-state index is 12.0. The minimum atomic E-state index is -1.51. The van der Waals surface area contributed by atoms with Crippen LogP contribution in [0.1, 0.15) is 31.9 Å². The van der Waals surface area contributed by atoms with Crippen LogP contribution < -0.4 is 10.5 Å². The molecule has 0 fully saturated rings. The van der Waals surface area contributed by atoms with Crippen molar-refractivity contribution in [1.82, 2.24) is 5.32 Å². The van der Waals surface area contributed by atoms with Gasteiger partial charge in [0.15, 0.2) is 0 Å². The number of hydrogen-bond donors (Lipinski definition) is 4. The lowest BCUT2D eigenvalue weighted by Crippen LogP contribution is -2.56. The minimum absolute atomic E-state index is 0.0264. The van der Waals surface area contributed by atoms with Gasteiger partial charge in [-0.1, -0.05) is 6.07 Å². The Bertz CT molecular complexity index is 637. The van der Waals surface area contributed by atoms with Crippen LogP contribution in [0.5, 0.6) is 0 Å². The zero-order valence-electron chi connectivity index (χ0n) is 13.2. The van der Waals surface area contributed by atoms with Crippen LogP contribution in [-0.2, 0) is 22.4 Å². The van der Waals surface area contributed by atoms with Crippen molar-refractivity contribution in [3.05, 3.63) is 29.3 Å². The molecule has 8 heteroatoms. The SMILES string of the molecule is CC(C)(C)OC(=O)NC1(C(=O)O)Cc2ccc(N(O)O)cc2C1. The second-order valence-corrected chi connectivity index (χ2v) is 6.61. The third-order valence-corrected chi connectivity index (χ3v) is 3.55. The topological polar surface area (TPSA) is 119 Å². The quantitative estimate of drug-likeness (QED) is 0.625. The molecular formula is C15H20N2O6. The number of rotatable bonds is 3. The van der Waals surface area contributed by atoms with E-state index < -0.39 is 23.2 Å². The van der Waals surface area contributed by atoms with Crippen molar-refractivity contribution in [3.8, 4) is 0 Å². The van der Waals surface area contributed by atoms with E-state index in [1.165, 1.54) is 12.1 Å². The molecule has 1 atom stereocenters. The molecule has 1 unspecified atom stereocenters. The fourth-order valence-electron chi connectivity index (χ4n) is 2.58. The Labute approximate surface area is 133 Å². The number of alkyl carbamates (subject to hydrolysis) is 1. The molecule has 0 heterocycles. The molecule has 1 aliphatic rings. The highest BCUT2D eigenvalue weighted by molar-refractivity contribution is 5.86. The fraction of sp³-hybridized carbons (Fsp3) is 0.467. The van der Waals surface area contributed by atoms with Gasteiger partial charge in [-0.05, 0) is 44.0 Å². The number of hydrogen-bond acceptors (Lipinski definition) is 6. The number of carboxylic acid groups (broad SMARTS) is 1. The standard InChI is InChI=1S/C15H20N2O6/c1-14(2,3)23-13(20)16-15(12(18)19)7-9-4-5-11(17(21)22)6-10(9)8-15/h4-6,21-22H,7-8H2,1-3H3,(H,16,20)(H,18,19). The summed E-state index contributed by atoms with van der Waals surface area (Å²) in [6.45, 7) is 5.06. The van der Waals surface area contributed by atoms with Gasteiger partial charge in [0.2, 0.25) is 0 Å². The van der Waals surface area contributed by atoms with Crippen molar-refractivity contribution >= 4 is 17.7 Å². The summed E-state index contributed by atoms with van der Waals surface area (Å²) in [5.74, 6) is -1.18. The van der Waals surface area contributed by atoms with E-state index in [0.717, 1.165) is 0 Å². The Hall–Kier alpha value is -2.32. The maximum Gasteiger partial charge on any atom is 0.408 e. The fourth-order valence-corrected chi connectivity index (χ4v) is 2.58.